The quantitative estimate of drug-likeness (QED) is 0.520. The van der Waals surface area contributed by atoms with E-state index in [1.807, 2.05) is 47.3 Å². The second-order valence-electron chi connectivity index (χ2n) is 4.15. The van der Waals surface area contributed by atoms with Gasteiger partial charge in [-0.2, -0.15) is 4.57 Å². The number of pyridine rings is 1. The molecule has 0 aliphatic carbocycles. The van der Waals surface area contributed by atoms with Crippen LogP contribution in [0.2, 0.25) is 0 Å². The molecule has 2 heterocycles. The van der Waals surface area contributed by atoms with E-state index in [2.05, 4.69) is 17.5 Å². The minimum Gasteiger partial charge on any atom is -0.287 e. The van der Waals surface area contributed by atoms with Gasteiger partial charge in [0.05, 0.1) is 5.39 Å². The lowest BCUT2D eigenvalue weighted by Crippen LogP contribution is -2.36. The van der Waals surface area contributed by atoms with Crippen molar-refractivity contribution in [2.45, 2.75) is 6.54 Å². The third kappa shape index (κ3) is 2.17. The highest BCUT2D eigenvalue weighted by atomic mass is 32.1. The SMILES string of the molecule is O=C(C[n+]1ccc2sccc2c1)c1ccccc1. The van der Waals surface area contributed by atoms with E-state index in [0.717, 1.165) is 5.56 Å². The first-order valence-electron chi connectivity index (χ1n) is 5.77. The number of ketones is 1. The van der Waals surface area contributed by atoms with E-state index in [1.165, 1.54) is 10.1 Å². The molecule has 0 aliphatic heterocycles. The smallest absolute Gasteiger partial charge is 0.227 e. The van der Waals surface area contributed by atoms with Gasteiger partial charge in [0.1, 0.15) is 0 Å². The fourth-order valence-electron chi connectivity index (χ4n) is 1.94. The van der Waals surface area contributed by atoms with Crippen LogP contribution in [-0.4, -0.2) is 5.78 Å². The maximum atomic E-state index is 12.1. The second-order valence-corrected chi connectivity index (χ2v) is 5.09. The Labute approximate surface area is 109 Å². The van der Waals surface area contributed by atoms with Gasteiger partial charge in [-0.1, -0.05) is 30.3 Å². The molecule has 0 saturated carbocycles. The number of rotatable bonds is 3. The van der Waals surface area contributed by atoms with Gasteiger partial charge in [0.25, 0.3) is 0 Å². The van der Waals surface area contributed by atoms with Crippen LogP contribution in [0.4, 0.5) is 0 Å². The van der Waals surface area contributed by atoms with Crippen LogP contribution in [0.5, 0.6) is 0 Å². The number of hydrogen-bond acceptors (Lipinski definition) is 2. The molecule has 0 bridgehead atoms. The summed E-state index contributed by atoms with van der Waals surface area (Å²) >= 11 is 1.71. The summed E-state index contributed by atoms with van der Waals surface area (Å²) < 4.78 is 3.18. The Morgan fingerprint density at radius 1 is 1.11 bits per heavy atom. The summed E-state index contributed by atoms with van der Waals surface area (Å²) in [6.07, 6.45) is 3.98. The van der Waals surface area contributed by atoms with E-state index in [4.69, 9.17) is 0 Å². The Balaban J connectivity index is 1.86. The van der Waals surface area contributed by atoms with Gasteiger partial charge in [0.2, 0.25) is 12.3 Å². The van der Waals surface area contributed by atoms with Crippen LogP contribution in [0.3, 0.4) is 0 Å². The van der Waals surface area contributed by atoms with Crippen molar-refractivity contribution >= 4 is 27.2 Å². The number of aromatic nitrogens is 1. The number of fused-ring (bicyclic) bond motifs is 1. The van der Waals surface area contributed by atoms with E-state index in [1.54, 1.807) is 11.3 Å². The van der Waals surface area contributed by atoms with Crippen LogP contribution in [-0.2, 0) is 6.54 Å². The Morgan fingerprint density at radius 2 is 1.94 bits per heavy atom. The van der Waals surface area contributed by atoms with Crippen molar-refractivity contribution in [3.05, 3.63) is 65.8 Å². The number of nitrogens with zero attached hydrogens (tertiary/aromatic N) is 1. The highest BCUT2D eigenvalue weighted by Crippen LogP contribution is 2.17. The fraction of sp³-hybridized carbons (Fsp3) is 0.0667. The maximum absolute atomic E-state index is 12.1. The summed E-state index contributed by atoms with van der Waals surface area (Å²) in [5.41, 5.74) is 0.760. The molecule has 0 spiro atoms. The molecule has 1 aromatic carbocycles. The first kappa shape index (κ1) is 11.1. The Bertz CT molecular complexity index is 688. The van der Waals surface area contributed by atoms with Crippen LogP contribution in [0.15, 0.2) is 60.2 Å². The lowest BCUT2D eigenvalue weighted by atomic mass is 10.1. The summed E-state index contributed by atoms with van der Waals surface area (Å²) in [5, 5.41) is 3.25. The van der Waals surface area contributed by atoms with E-state index >= 15 is 0 Å². The zero-order valence-corrected chi connectivity index (χ0v) is 10.6. The molecule has 0 amide bonds. The molecule has 3 heteroatoms. The van der Waals surface area contributed by atoms with Gasteiger partial charge < -0.3 is 0 Å². The van der Waals surface area contributed by atoms with Crippen molar-refractivity contribution in [3.63, 3.8) is 0 Å². The van der Waals surface area contributed by atoms with E-state index in [-0.39, 0.29) is 5.78 Å². The molecular weight excluding hydrogens is 242 g/mol. The van der Waals surface area contributed by atoms with E-state index in [0.29, 0.717) is 6.54 Å². The normalized spacial score (nSPS) is 10.7. The number of hydrogen-bond donors (Lipinski definition) is 0. The largest absolute Gasteiger partial charge is 0.287 e. The van der Waals surface area contributed by atoms with Gasteiger partial charge in [-0.15, -0.1) is 11.3 Å². The molecule has 0 N–H and O–H groups in total. The topological polar surface area (TPSA) is 20.9 Å². The third-order valence-corrected chi connectivity index (χ3v) is 3.77. The monoisotopic (exact) mass is 254 g/mol. The maximum Gasteiger partial charge on any atom is 0.227 e. The van der Waals surface area contributed by atoms with Crippen molar-refractivity contribution in [3.8, 4) is 0 Å². The lowest BCUT2D eigenvalue weighted by Gasteiger charge is -1.98. The van der Waals surface area contributed by atoms with Gasteiger partial charge in [0, 0.05) is 16.3 Å². The van der Waals surface area contributed by atoms with Crippen molar-refractivity contribution in [2.75, 3.05) is 0 Å². The Morgan fingerprint density at radius 3 is 2.78 bits per heavy atom. The molecule has 2 nitrogen and oxygen atoms in total. The van der Waals surface area contributed by atoms with Crippen LogP contribution in [0, 0.1) is 0 Å². The molecule has 88 valence electrons. The number of carbonyl (C=O) groups is 1. The number of thiophene rings is 1. The van der Waals surface area contributed by atoms with Crippen LogP contribution >= 0.6 is 11.3 Å². The molecule has 18 heavy (non-hydrogen) atoms. The van der Waals surface area contributed by atoms with E-state index in [9.17, 15) is 4.79 Å². The predicted octanol–water partition coefficient (Wildman–Crippen LogP) is 3.07. The first-order chi connectivity index (χ1) is 8.83. The summed E-state index contributed by atoms with van der Waals surface area (Å²) in [7, 11) is 0. The molecule has 0 atom stereocenters. The Kier molecular flexibility index (Phi) is 2.90. The van der Waals surface area contributed by atoms with Crippen molar-refractivity contribution in [1.82, 2.24) is 0 Å². The number of benzene rings is 1. The molecule has 0 aliphatic rings. The molecule has 0 saturated heterocycles. The summed E-state index contributed by atoms with van der Waals surface area (Å²) in [6, 6.07) is 13.5. The standard InChI is InChI=1S/C15H12NOS/c17-14(12-4-2-1-3-5-12)11-16-8-6-15-13(10-16)7-9-18-15/h1-10H,11H2/q+1. The van der Waals surface area contributed by atoms with Crippen molar-refractivity contribution in [2.24, 2.45) is 0 Å². The minimum absolute atomic E-state index is 0.134. The van der Waals surface area contributed by atoms with Gasteiger partial charge in [-0.3, -0.25) is 4.79 Å². The molecular formula is C15H12NOS+. The molecule has 0 radical (unpaired) electrons. The molecule has 3 aromatic rings. The minimum atomic E-state index is 0.134. The Hall–Kier alpha value is -2.00. The molecule has 0 fully saturated rings. The van der Waals surface area contributed by atoms with Crippen LogP contribution in [0.1, 0.15) is 10.4 Å². The van der Waals surface area contributed by atoms with Crippen molar-refractivity contribution < 1.29 is 9.36 Å². The van der Waals surface area contributed by atoms with Crippen LogP contribution < -0.4 is 4.57 Å². The predicted molar refractivity (Wildman–Crippen MR) is 72.8 cm³/mol. The fourth-order valence-corrected chi connectivity index (χ4v) is 2.70. The highest BCUT2D eigenvalue weighted by Gasteiger charge is 2.12. The number of carbonyl (C=O) groups excluding carboxylic acids is 1. The van der Waals surface area contributed by atoms with E-state index < -0.39 is 0 Å². The van der Waals surface area contributed by atoms with Gasteiger partial charge in [-0.05, 0) is 11.4 Å². The molecule has 2 aromatic heterocycles. The van der Waals surface area contributed by atoms with Gasteiger partial charge >= 0.3 is 0 Å². The highest BCUT2D eigenvalue weighted by molar-refractivity contribution is 7.17. The molecule has 0 unspecified atom stereocenters. The number of Topliss-reactive ketones (excluding diaryl/α,β-unsaturated/α-hetero) is 1. The van der Waals surface area contributed by atoms with Gasteiger partial charge in [0.15, 0.2) is 12.4 Å². The van der Waals surface area contributed by atoms with Crippen molar-refractivity contribution in [1.29, 1.82) is 0 Å². The molecule has 3 rings (SSSR count). The van der Waals surface area contributed by atoms with Crippen LogP contribution in [0.25, 0.3) is 10.1 Å². The van der Waals surface area contributed by atoms with Gasteiger partial charge in [-0.25, -0.2) is 0 Å². The lowest BCUT2D eigenvalue weighted by molar-refractivity contribution is -0.681. The first-order valence-corrected chi connectivity index (χ1v) is 6.65. The average Bonchev–Trinajstić information content (AvgIpc) is 2.87. The second kappa shape index (κ2) is 4.70. The third-order valence-electron chi connectivity index (χ3n) is 2.87. The summed E-state index contributed by atoms with van der Waals surface area (Å²) in [4.78, 5) is 12.1. The summed E-state index contributed by atoms with van der Waals surface area (Å²) in [5.74, 6) is 0.134. The zero-order chi connectivity index (χ0) is 12.4. The summed E-state index contributed by atoms with van der Waals surface area (Å²) in [6.45, 7) is 0.385. The average molecular weight is 254 g/mol. The zero-order valence-electron chi connectivity index (χ0n) is 9.74.